The van der Waals surface area contributed by atoms with Crippen molar-refractivity contribution in [2.45, 2.75) is 38.3 Å². The number of hydrogen-bond donors (Lipinski definition) is 3. The van der Waals surface area contributed by atoms with Crippen LogP contribution in [0.4, 0.5) is 11.4 Å². The Kier molecular flexibility index (Phi) is 4.11. The van der Waals surface area contributed by atoms with E-state index in [0.717, 1.165) is 12.8 Å². The molecule has 1 aliphatic heterocycles. The van der Waals surface area contributed by atoms with Gasteiger partial charge in [-0.05, 0) is 38.8 Å². The van der Waals surface area contributed by atoms with E-state index in [1.54, 1.807) is 6.07 Å². The molecule has 0 radical (unpaired) electrons. The molecule has 1 heterocycles. The van der Waals surface area contributed by atoms with Gasteiger partial charge in [-0.1, -0.05) is 11.6 Å². The maximum absolute atomic E-state index is 11.3. The number of nitrogens with two attached hydrogens (primary N) is 1. The molecule has 2 rings (SSSR count). The minimum atomic E-state index is -1.05. The molecule has 1 unspecified atom stereocenters. The van der Waals surface area contributed by atoms with Gasteiger partial charge in [0.05, 0.1) is 21.9 Å². The standard InChI is InChI=1S/C14H19ClN2O3/c1-14(2)7-9(3-4-20-14)17-12-10(13(18)19)5-8(16)6-11(12)15/h5-6,9,17H,3-4,7,16H2,1-2H3,(H,18,19). The molecule has 5 nitrogen and oxygen atoms in total. The zero-order valence-corrected chi connectivity index (χ0v) is 12.3. The number of carboxylic acids is 1. The number of carbonyl (C=O) groups is 1. The molecule has 0 aliphatic carbocycles. The summed E-state index contributed by atoms with van der Waals surface area (Å²) in [7, 11) is 0. The summed E-state index contributed by atoms with van der Waals surface area (Å²) in [5.41, 5.74) is 6.29. The van der Waals surface area contributed by atoms with E-state index >= 15 is 0 Å². The molecular formula is C14H19ClN2O3. The Bertz CT molecular complexity index is 531. The molecule has 0 bridgehead atoms. The van der Waals surface area contributed by atoms with Gasteiger partial charge in [0.1, 0.15) is 0 Å². The number of nitrogens with one attached hydrogen (secondary N) is 1. The van der Waals surface area contributed by atoms with Crippen LogP contribution in [0.2, 0.25) is 5.02 Å². The van der Waals surface area contributed by atoms with Crippen LogP contribution in [0.3, 0.4) is 0 Å². The lowest BCUT2D eigenvalue weighted by Gasteiger charge is -2.36. The highest BCUT2D eigenvalue weighted by molar-refractivity contribution is 6.34. The molecular weight excluding hydrogens is 280 g/mol. The van der Waals surface area contributed by atoms with E-state index in [4.69, 9.17) is 22.1 Å². The quantitative estimate of drug-likeness (QED) is 0.747. The van der Waals surface area contributed by atoms with Crippen molar-refractivity contribution in [3.8, 4) is 0 Å². The predicted molar refractivity (Wildman–Crippen MR) is 79.5 cm³/mol. The Balaban J connectivity index is 2.27. The summed E-state index contributed by atoms with van der Waals surface area (Å²) in [6, 6.07) is 3.10. The van der Waals surface area contributed by atoms with Crippen molar-refractivity contribution in [3.05, 3.63) is 22.7 Å². The van der Waals surface area contributed by atoms with Crippen LogP contribution in [0.1, 0.15) is 37.0 Å². The topological polar surface area (TPSA) is 84.6 Å². The van der Waals surface area contributed by atoms with Gasteiger partial charge in [0, 0.05) is 18.3 Å². The number of benzene rings is 1. The fraction of sp³-hybridized carbons (Fsp3) is 0.500. The number of rotatable bonds is 3. The van der Waals surface area contributed by atoms with E-state index in [2.05, 4.69) is 5.32 Å². The lowest BCUT2D eigenvalue weighted by atomic mass is 9.93. The molecule has 0 aromatic heterocycles. The maximum Gasteiger partial charge on any atom is 0.337 e. The summed E-state index contributed by atoms with van der Waals surface area (Å²) in [5.74, 6) is -1.05. The molecule has 6 heteroatoms. The summed E-state index contributed by atoms with van der Waals surface area (Å²) >= 11 is 6.13. The van der Waals surface area contributed by atoms with Crippen LogP contribution in [0.15, 0.2) is 12.1 Å². The molecule has 1 aromatic rings. The second kappa shape index (κ2) is 5.50. The number of carboxylic acid groups (broad SMARTS) is 1. The molecule has 0 spiro atoms. The van der Waals surface area contributed by atoms with Gasteiger partial charge < -0.3 is 20.9 Å². The van der Waals surface area contributed by atoms with Crippen molar-refractivity contribution < 1.29 is 14.6 Å². The fourth-order valence-electron chi connectivity index (χ4n) is 2.50. The highest BCUT2D eigenvalue weighted by Crippen LogP contribution is 2.33. The highest BCUT2D eigenvalue weighted by Gasteiger charge is 2.30. The third-order valence-corrected chi connectivity index (χ3v) is 3.69. The van der Waals surface area contributed by atoms with Gasteiger partial charge in [-0.25, -0.2) is 4.79 Å². The van der Waals surface area contributed by atoms with Crippen molar-refractivity contribution in [1.29, 1.82) is 0 Å². The lowest BCUT2D eigenvalue weighted by molar-refractivity contribution is -0.0553. The number of hydrogen-bond acceptors (Lipinski definition) is 4. The summed E-state index contributed by atoms with van der Waals surface area (Å²) in [6.07, 6.45) is 1.59. The monoisotopic (exact) mass is 298 g/mol. The molecule has 4 N–H and O–H groups in total. The summed E-state index contributed by atoms with van der Waals surface area (Å²) < 4.78 is 5.65. The van der Waals surface area contributed by atoms with Gasteiger partial charge in [0.15, 0.2) is 0 Å². The van der Waals surface area contributed by atoms with E-state index in [9.17, 15) is 9.90 Å². The fourth-order valence-corrected chi connectivity index (χ4v) is 2.78. The Morgan fingerprint density at radius 1 is 1.55 bits per heavy atom. The second-order valence-corrected chi connectivity index (χ2v) is 6.08. The second-order valence-electron chi connectivity index (χ2n) is 5.67. The zero-order chi connectivity index (χ0) is 14.9. The van der Waals surface area contributed by atoms with Crippen LogP contribution >= 0.6 is 11.6 Å². The number of anilines is 2. The number of aromatic carboxylic acids is 1. The Morgan fingerprint density at radius 3 is 2.85 bits per heavy atom. The molecule has 1 fully saturated rings. The Morgan fingerprint density at radius 2 is 2.25 bits per heavy atom. The van der Waals surface area contributed by atoms with E-state index in [1.165, 1.54) is 6.07 Å². The Labute approximate surface area is 123 Å². The predicted octanol–water partition coefficient (Wildman–Crippen LogP) is 2.99. The third-order valence-electron chi connectivity index (χ3n) is 3.39. The van der Waals surface area contributed by atoms with Crippen LogP contribution in [0.5, 0.6) is 0 Å². The van der Waals surface area contributed by atoms with Crippen molar-refractivity contribution in [2.24, 2.45) is 0 Å². The van der Waals surface area contributed by atoms with E-state index in [0.29, 0.717) is 23.0 Å². The van der Waals surface area contributed by atoms with Crippen LogP contribution < -0.4 is 11.1 Å². The zero-order valence-electron chi connectivity index (χ0n) is 11.6. The molecule has 0 amide bonds. The van der Waals surface area contributed by atoms with Crippen LogP contribution in [0.25, 0.3) is 0 Å². The highest BCUT2D eigenvalue weighted by atomic mass is 35.5. The molecule has 1 aliphatic rings. The van der Waals surface area contributed by atoms with E-state index < -0.39 is 5.97 Å². The first-order valence-corrected chi connectivity index (χ1v) is 6.89. The molecule has 110 valence electrons. The number of nitrogen functional groups attached to an aromatic ring is 1. The van der Waals surface area contributed by atoms with Gasteiger partial charge in [-0.15, -0.1) is 0 Å². The summed E-state index contributed by atoms with van der Waals surface area (Å²) in [6.45, 7) is 4.67. The largest absolute Gasteiger partial charge is 0.478 e. The van der Waals surface area contributed by atoms with E-state index in [-0.39, 0.29) is 17.2 Å². The van der Waals surface area contributed by atoms with Gasteiger partial charge in [-0.3, -0.25) is 0 Å². The maximum atomic E-state index is 11.3. The average molecular weight is 299 g/mol. The van der Waals surface area contributed by atoms with Gasteiger partial charge >= 0.3 is 5.97 Å². The van der Waals surface area contributed by atoms with Crippen molar-refractivity contribution in [1.82, 2.24) is 0 Å². The first-order valence-electron chi connectivity index (χ1n) is 6.51. The average Bonchev–Trinajstić information content (AvgIpc) is 2.30. The normalized spacial score (nSPS) is 21.4. The first kappa shape index (κ1) is 14.9. The number of ether oxygens (including phenoxy) is 1. The Hall–Kier alpha value is -1.46. The molecule has 1 atom stereocenters. The van der Waals surface area contributed by atoms with Gasteiger partial charge in [0.25, 0.3) is 0 Å². The molecule has 1 saturated heterocycles. The van der Waals surface area contributed by atoms with E-state index in [1.807, 2.05) is 13.8 Å². The van der Waals surface area contributed by atoms with Gasteiger partial charge in [0.2, 0.25) is 0 Å². The van der Waals surface area contributed by atoms with Crippen LogP contribution in [0, 0.1) is 0 Å². The first-order chi connectivity index (χ1) is 9.28. The number of halogens is 1. The third kappa shape index (κ3) is 3.35. The van der Waals surface area contributed by atoms with Gasteiger partial charge in [-0.2, -0.15) is 0 Å². The van der Waals surface area contributed by atoms with Crippen LogP contribution in [-0.4, -0.2) is 29.3 Å². The minimum Gasteiger partial charge on any atom is -0.478 e. The van der Waals surface area contributed by atoms with Crippen molar-refractivity contribution >= 4 is 28.9 Å². The SMILES string of the molecule is CC1(C)CC(Nc2c(Cl)cc(N)cc2C(=O)O)CCO1. The lowest BCUT2D eigenvalue weighted by Crippen LogP contribution is -2.40. The van der Waals surface area contributed by atoms with Crippen LogP contribution in [-0.2, 0) is 4.74 Å². The van der Waals surface area contributed by atoms with Crippen molar-refractivity contribution in [3.63, 3.8) is 0 Å². The molecule has 0 saturated carbocycles. The smallest absolute Gasteiger partial charge is 0.337 e. The molecule has 1 aromatic carbocycles. The van der Waals surface area contributed by atoms with Crippen molar-refractivity contribution in [2.75, 3.05) is 17.7 Å². The summed E-state index contributed by atoms with van der Waals surface area (Å²) in [5, 5.41) is 12.8. The molecule has 20 heavy (non-hydrogen) atoms. The minimum absolute atomic E-state index is 0.0966. The summed E-state index contributed by atoms with van der Waals surface area (Å²) in [4.78, 5) is 11.3.